The molecule has 0 aromatic heterocycles. The molecule has 0 aliphatic rings. The number of carbonyl (C=O) groups is 1. The van der Waals surface area contributed by atoms with Crippen molar-refractivity contribution in [3.05, 3.63) is 0 Å². The molecule has 0 rings (SSSR count). The molecule has 12 heavy (non-hydrogen) atoms. The lowest BCUT2D eigenvalue weighted by Gasteiger charge is -2.26. The SMILES string of the molecule is COCC(=O)N(C)CC(C)(C)C. The van der Waals surface area contributed by atoms with E-state index in [2.05, 4.69) is 20.8 Å². The molecule has 0 saturated heterocycles. The third-order valence-electron chi connectivity index (χ3n) is 1.41. The summed E-state index contributed by atoms with van der Waals surface area (Å²) in [5.74, 6) is 0.0347. The lowest BCUT2D eigenvalue weighted by Crippen LogP contribution is -2.36. The van der Waals surface area contributed by atoms with Gasteiger partial charge in [-0.3, -0.25) is 4.79 Å². The van der Waals surface area contributed by atoms with Gasteiger partial charge in [0, 0.05) is 20.7 Å². The number of hydrogen-bond donors (Lipinski definition) is 0. The fourth-order valence-corrected chi connectivity index (χ4v) is 1.03. The average Bonchev–Trinajstić information content (AvgIpc) is 1.84. The van der Waals surface area contributed by atoms with Gasteiger partial charge in [0.15, 0.2) is 0 Å². The maximum atomic E-state index is 11.2. The quantitative estimate of drug-likeness (QED) is 0.640. The van der Waals surface area contributed by atoms with Crippen molar-refractivity contribution in [3.63, 3.8) is 0 Å². The summed E-state index contributed by atoms with van der Waals surface area (Å²) in [6.45, 7) is 7.23. The Balaban J connectivity index is 3.87. The Morgan fingerprint density at radius 3 is 2.25 bits per heavy atom. The molecule has 0 unspecified atom stereocenters. The number of methoxy groups -OCH3 is 1. The van der Waals surface area contributed by atoms with Crippen LogP contribution in [0.4, 0.5) is 0 Å². The maximum absolute atomic E-state index is 11.2. The van der Waals surface area contributed by atoms with Gasteiger partial charge in [-0.05, 0) is 5.41 Å². The molecule has 0 atom stereocenters. The zero-order valence-electron chi connectivity index (χ0n) is 8.68. The van der Waals surface area contributed by atoms with Gasteiger partial charge in [0.05, 0.1) is 0 Å². The van der Waals surface area contributed by atoms with Gasteiger partial charge >= 0.3 is 0 Å². The first-order chi connectivity index (χ1) is 5.37. The highest BCUT2D eigenvalue weighted by molar-refractivity contribution is 5.77. The van der Waals surface area contributed by atoms with Gasteiger partial charge < -0.3 is 9.64 Å². The number of hydrogen-bond acceptors (Lipinski definition) is 2. The van der Waals surface area contributed by atoms with Crippen LogP contribution < -0.4 is 0 Å². The van der Waals surface area contributed by atoms with Gasteiger partial charge in [0.1, 0.15) is 6.61 Å². The van der Waals surface area contributed by atoms with Crippen molar-refractivity contribution in [1.82, 2.24) is 4.90 Å². The van der Waals surface area contributed by atoms with E-state index in [0.717, 1.165) is 6.54 Å². The van der Waals surface area contributed by atoms with Crippen LogP contribution in [0.5, 0.6) is 0 Å². The lowest BCUT2D eigenvalue weighted by molar-refractivity contribution is -0.134. The second kappa shape index (κ2) is 4.45. The van der Waals surface area contributed by atoms with E-state index in [9.17, 15) is 4.79 Å². The smallest absolute Gasteiger partial charge is 0.248 e. The fourth-order valence-electron chi connectivity index (χ4n) is 1.03. The van der Waals surface area contributed by atoms with Crippen LogP contribution in [0.3, 0.4) is 0 Å². The van der Waals surface area contributed by atoms with Crippen LogP contribution in [0.2, 0.25) is 0 Å². The summed E-state index contributed by atoms with van der Waals surface area (Å²) < 4.78 is 4.75. The van der Waals surface area contributed by atoms with E-state index in [1.54, 1.807) is 11.9 Å². The van der Waals surface area contributed by atoms with Crippen molar-refractivity contribution in [3.8, 4) is 0 Å². The Hall–Kier alpha value is -0.570. The van der Waals surface area contributed by atoms with E-state index in [-0.39, 0.29) is 17.9 Å². The molecule has 0 heterocycles. The largest absolute Gasteiger partial charge is 0.375 e. The van der Waals surface area contributed by atoms with E-state index < -0.39 is 0 Å². The molecule has 72 valence electrons. The molecule has 0 saturated carbocycles. The molecule has 1 amide bonds. The summed E-state index contributed by atoms with van der Waals surface area (Å²) in [5, 5.41) is 0. The van der Waals surface area contributed by atoms with Gasteiger partial charge in [0.2, 0.25) is 5.91 Å². The highest BCUT2D eigenvalue weighted by Crippen LogP contribution is 2.13. The van der Waals surface area contributed by atoms with Gasteiger partial charge in [-0.25, -0.2) is 0 Å². The molecule has 0 bridgehead atoms. The van der Waals surface area contributed by atoms with Crippen molar-refractivity contribution >= 4 is 5.91 Å². The molecule has 0 spiro atoms. The first-order valence-electron chi connectivity index (χ1n) is 4.10. The number of amides is 1. The van der Waals surface area contributed by atoms with Gasteiger partial charge in [0.25, 0.3) is 0 Å². The topological polar surface area (TPSA) is 29.5 Å². The van der Waals surface area contributed by atoms with Crippen LogP contribution in [-0.4, -0.2) is 38.1 Å². The Bertz CT molecular complexity index is 149. The molecule has 0 aliphatic heterocycles. The van der Waals surface area contributed by atoms with E-state index >= 15 is 0 Å². The van der Waals surface area contributed by atoms with Crippen LogP contribution in [-0.2, 0) is 9.53 Å². The van der Waals surface area contributed by atoms with Crippen LogP contribution >= 0.6 is 0 Å². The fraction of sp³-hybridized carbons (Fsp3) is 0.889. The van der Waals surface area contributed by atoms with Crippen molar-refractivity contribution in [2.24, 2.45) is 5.41 Å². The molecular formula is C9H19NO2. The molecule has 0 radical (unpaired) electrons. The van der Waals surface area contributed by atoms with E-state index in [4.69, 9.17) is 4.74 Å². The summed E-state index contributed by atoms with van der Waals surface area (Å²) in [7, 11) is 3.33. The Morgan fingerprint density at radius 2 is 1.92 bits per heavy atom. The first kappa shape index (κ1) is 11.4. The highest BCUT2D eigenvalue weighted by Gasteiger charge is 2.16. The zero-order chi connectivity index (χ0) is 9.78. The van der Waals surface area contributed by atoms with Crippen molar-refractivity contribution < 1.29 is 9.53 Å². The first-order valence-corrected chi connectivity index (χ1v) is 4.10. The van der Waals surface area contributed by atoms with Crippen molar-refractivity contribution in [1.29, 1.82) is 0 Å². The number of carbonyl (C=O) groups excluding carboxylic acids is 1. The van der Waals surface area contributed by atoms with Crippen LogP contribution in [0.1, 0.15) is 20.8 Å². The Labute approximate surface area is 74.7 Å². The predicted molar refractivity (Wildman–Crippen MR) is 49.0 cm³/mol. The molecule has 0 N–H and O–H groups in total. The molecule has 0 fully saturated rings. The second-order valence-corrected chi connectivity index (χ2v) is 4.24. The third kappa shape index (κ3) is 5.13. The second-order valence-electron chi connectivity index (χ2n) is 4.24. The summed E-state index contributed by atoms with van der Waals surface area (Å²) in [5.41, 5.74) is 0.151. The molecule has 0 aromatic carbocycles. The minimum absolute atomic E-state index is 0.0347. The summed E-state index contributed by atoms with van der Waals surface area (Å²) in [6.07, 6.45) is 0. The predicted octanol–water partition coefficient (Wildman–Crippen LogP) is 1.14. The minimum Gasteiger partial charge on any atom is -0.375 e. The summed E-state index contributed by atoms with van der Waals surface area (Å²) in [6, 6.07) is 0. The molecular weight excluding hydrogens is 154 g/mol. The number of rotatable bonds is 3. The van der Waals surface area contributed by atoms with Gasteiger partial charge in [-0.15, -0.1) is 0 Å². The lowest BCUT2D eigenvalue weighted by atomic mass is 9.96. The Kier molecular flexibility index (Phi) is 4.24. The monoisotopic (exact) mass is 173 g/mol. The third-order valence-corrected chi connectivity index (χ3v) is 1.41. The minimum atomic E-state index is 0.0347. The van der Waals surface area contributed by atoms with Gasteiger partial charge in [-0.1, -0.05) is 20.8 Å². The zero-order valence-corrected chi connectivity index (χ0v) is 8.68. The van der Waals surface area contributed by atoms with Crippen molar-refractivity contribution in [2.45, 2.75) is 20.8 Å². The highest BCUT2D eigenvalue weighted by atomic mass is 16.5. The van der Waals surface area contributed by atoms with Crippen LogP contribution in [0.15, 0.2) is 0 Å². The number of ether oxygens (including phenoxy) is 1. The van der Waals surface area contributed by atoms with E-state index in [1.165, 1.54) is 7.11 Å². The maximum Gasteiger partial charge on any atom is 0.248 e. The van der Waals surface area contributed by atoms with Crippen LogP contribution in [0, 0.1) is 5.41 Å². The van der Waals surface area contributed by atoms with Crippen molar-refractivity contribution in [2.75, 3.05) is 27.3 Å². The molecule has 0 aromatic rings. The standard InChI is InChI=1S/C9H19NO2/c1-9(2,3)7-10(4)8(11)6-12-5/h6-7H2,1-5H3. The molecule has 3 nitrogen and oxygen atoms in total. The Morgan fingerprint density at radius 1 is 1.42 bits per heavy atom. The van der Waals surface area contributed by atoms with E-state index in [0.29, 0.717) is 0 Å². The summed E-state index contributed by atoms with van der Waals surface area (Å²) in [4.78, 5) is 12.9. The van der Waals surface area contributed by atoms with Crippen LogP contribution in [0.25, 0.3) is 0 Å². The van der Waals surface area contributed by atoms with Gasteiger partial charge in [-0.2, -0.15) is 0 Å². The molecule has 0 aliphatic carbocycles. The average molecular weight is 173 g/mol. The number of nitrogens with zero attached hydrogens (tertiary/aromatic N) is 1. The van der Waals surface area contributed by atoms with E-state index in [1.807, 2.05) is 0 Å². The normalized spacial score (nSPS) is 11.4. The molecule has 3 heteroatoms. The summed E-state index contributed by atoms with van der Waals surface area (Å²) >= 11 is 0. The number of likely N-dealkylation sites (N-methyl/N-ethyl adjacent to an activating group) is 1.